The molecule has 0 fully saturated rings. The molecule has 0 unspecified atom stereocenters. The summed E-state index contributed by atoms with van der Waals surface area (Å²) >= 11 is 0. The van der Waals surface area contributed by atoms with E-state index in [0.717, 1.165) is 11.1 Å². The second kappa shape index (κ2) is 7.69. The van der Waals surface area contributed by atoms with Crippen molar-refractivity contribution in [3.05, 3.63) is 65.7 Å². The highest BCUT2D eigenvalue weighted by Gasteiger charge is 1.90. The number of benzene rings is 2. The third-order valence-corrected chi connectivity index (χ3v) is 2.54. The lowest BCUT2D eigenvalue weighted by Gasteiger charge is -1.95. The van der Waals surface area contributed by atoms with Gasteiger partial charge < -0.3 is 10.5 Å². The number of para-hydroxylation sites is 1. The summed E-state index contributed by atoms with van der Waals surface area (Å²) in [4.78, 5) is 0. The first-order valence-corrected chi connectivity index (χ1v) is 6.31. The Bertz CT molecular complexity index is 669. The molecule has 2 rings (SSSR count). The summed E-state index contributed by atoms with van der Waals surface area (Å²) in [6.07, 6.45) is 0. The third-order valence-electron chi connectivity index (χ3n) is 2.54. The van der Waals surface area contributed by atoms with Gasteiger partial charge in [-0.3, -0.25) is 0 Å². The summed E-state index contributed by atoms with van der Waals surface area (Å²) in [5, 5.41) is 0. The standard InChI is InChI=1S/C18H15NO/c19-18-13-5-4-11-17(18)12-7-15-20-14-6-10-16-8-2-1-3-9-16/h1-5,8-9,11,13H,14-15,19H2. The van der Waals surface area contributed by atoms with Crippen LogP contribution in [0.2, 0.25) is 0 Å². The zero-order valence-electron chi connectivity index (χ0n) is 11.1. The van der Waals surface area contributed by atoms with Gasteiger partial charge in [0, 0.05) is 16.8 Å². The molecule has 0 aliphatic carbocycles. The molecule has 98 valence electrons. The van der Waals surface area contributed by atoms with Crippen LogP contribution in [0.15, 0.2) is 54.6 Å². The van der Waals surface area contributed by atoms with E-state index in [2.05, 4.69) is 23.7 Å². The van der Waals surface area contributed by atoms with Crippen LogP contribution in [-0.4, -0.2) is 13.2 Å². The molecule has 2 aromatic rings. The van der Waals surface area contributed by atoms with Gasteiger partial charge in [-0.2, -0.15) is 0 Å². The summed E-state index contributed by atoms with van der Waals surface area (Å²) in [7, 11) is 0. The van der Waals surface area contributed by atoms with Crippen LogP contribution in [0.5, 0.6) is 0 Å². The van der Waals surface area contributed by atoms with Crippen molar-refractivity contribution in [2.24, 2.45) is 0 Å². The van der Waals surface area contributed by atoms with Crippen molar-refractivity contribution < 1.29 is 4.74 Å². The molecule has 0 bridgehead atoms. The normalized spacial score (nSPS) is 9.00. The fraction of sp³-hybridized carbons (Fsp3) is 0.111. The monoisotopic (exact) mass is 261 g/mol. The molecule has 0 aromatic heterocycles. The first-order chi connectivity index (χ1) is 9.86. The quantitative estimate of drug-likeness (QED) is 0.512. The first kappa shape index (κ1) is 13.7. The SMILES string of the molecule is Nc1ccccc1C#CCOCC#Cc1ccccc1. The van der Waals surface area contributed by atoms with Crippen LogP contribution in [-0.2, 0) is 4.74 Å². The molecule has 0 atom stereocenters. The Hall–Kier alpha value is -2.68. The Balaban J connectivity index is 1.76. The molecule has 0 saturated carbocycles. The molecule has 2 nitrogen and oxygen atoms in total. The maximum atomic E-state index is 5.78. The molecule has 0 aliphatic rings. The molecule has 0 heterocycles. The van der Waals surface area contributed by atoms with E-state index in [9.17, 15) is 0 Å². The second-order valence-corrected chi connectivity index (χ2v) is 4.05. The highest BCUT2D eigenvalue weighted by Crippen LogP contribution is 2.07. The van der Waals surface area contributed by atoms with E-state index >= 15 is 0 Å². The van der Waals surface area contributed by atoms with Gasteiger partial charge in [-0.05, 0) is 24.3 Å². The molecular formula is C18H15NO. The summed E-state index contributed by atoms with van der Waals surface area (Å²) in [6.45, 7) is 0.714. The molecule has 2 aromatic carbocycles. The van der Waals surface area contributed by atoms with E-state index in [4.69, 9.17) is 10.5 Å². The van der Waals surface area contributed by atoms with Crippen molar-refractivity contribution in [1.82, 2.24) is 0 Å². The van der Waals surface area contributed by atoms with Crippen LogP contribution in [0.1, 0.15) is 11.1 Å². The lowest BCUT2D eigenvalue weighted by molar-refractivity contribution is 0.204. The van der Waals surface area contributed by atoms with Crippen molar-refractivity contribution in [2.45, 2.75) is 0 Å². The van der Waals surface area contributed by atoms with Crippen molar-refractivity contribution in [1.29, 1.82) is 0 Å². The average molecular weight is 261 g/mol. The predicted molar refractivity (Wildman–Crippen MR) is 81.9 cm³/mol. The van der Waals surface area contributed by atoms with Gasteiger partial charge in [-0.25, -0.2) is 0 Å². The Kier molecular flexibility index (Phi) is 5.28. The number of hydrogen-bond donors (Lipinski definition) is 1. The van der Waals surface area contributed by atoms with Crippen LogP contribution in [0.25, 0.3) is 0 Å². The van der Waals surface area contributed by atoms with E-state index in [1.165, 1.54) is 0 Å². The highest BCUT2D eigenvalue weighted by atomic mass is 16.5. The Morgan fingerprint density at radius 3 is 2.20 bits per heavy atom. The minimum absolute atomic E-state index is 0.345. The Morgan fingerprint density at radius 1 is 0.800 bits per heavy atom. The maximum Gasteiger partial charge on any atom is 0.109 e. The number of hydrogen-bond acceptors (Lipinski definition) is 2. The summed E-state index contributed by atoms with van der Waals surface area (Å²) < 4.78 is 5.33. The number of rotatable bonds is 2. The van der Waals surface area contributed by atoms with Crippen LogP contribution in [0, 0.1) is 23.7 Å². The minimum atomic E-state index is 0.345. The van der Waals surface area contributed by atoms with Crippen LogP contribution in [0.3, 0.4) is 0 Å². The molecule has 0 radical (unpaired) electrons. The predicted octanol–water partition coefficient (Wildman–Crippen LogP) is 2.69. The molecule has 0 saturated heterocycles. The fourth-order valence-electron chi connectivity index (χ4n) is 1.55. The van der Waals surface area contributed by atoms with Crippen molar-refractivity contribution in [3.63, 3.8) is 0 Å². The van der Waals surface area contributed by atoms with E-state index in [-0.39, 0.29) is 0 Å². The zero-order chi connectivity index (χ0) is 14.0. The maximum absolute atomic E-state index is 5.78. The van der Waals surface area contributed by atoms with Gasteiger partial charge >= 0.3 is 0 Å². The van der Waals surface area contributed by atoms with Gasteiger partial charge in [-0.1, -0.05) is 54.0 Å². The van der Waals surface area contributed by atoms with Crippen LogP contribution >= 0.6 is 0 Å². The van der Waals surface area contributed by atoms with E-state index in [1.807, 2.05) is 54.6 Å². The summed E-state index contributed by atoms with van der Waals surface area (Å²) in [6, 6.07) is 17.3. The lowest BCUT2D eigenvalue weighted by atomic mass is 10.2. The minimum Gasteiger partial charge on any atom is -0.398 e. The van der Waals surface area contributed by atoms with Gasteiger partial charge in [0.1, 0.15) is 13.2 Å². The Labute approximate surface area is 119 Å². The smallest absolute Gasteiger partial charge is 0.109 e. The van der Waals surface area contributed by atoms with Crippen LogP contribution < -0.4 is 5.73 Å². The first-order valence-electron chi connectivity index (χ1n) is 6.31. The average Bonchev–Trinajstić information content (AvgIpc) is 2.49. The van der Waals surface area contributed by atoms with Crippen molar-refractivity contribution in [3.8, 4) is 23.7 Å². The number of nitrogen functional groups attached to an aromatic ring is 1. The third kappa shape index (κ3) is 4.53. The Morgan fingerprint density at radius 2 is 1.45 bits per heavy atom. The van der Waals surface area contributed by atoms with E-state index < -0.39 is 0 Å². The van der Waals surface area contributed by atoms with Crippen LogP contribution in [0.4, 0.5) is 5.69 Å². The van der Waals surface area contributed by atoms with E-state index in [1.54, 1.807) is 0 Å². The summed E-state index contributed by atoms with van der Waals surface area (Å²) in [5.74, 6) is 11.9. The molecule has 0 spiro atoms. The lowest BCUT2D eigenvalue weighted by Crippen LogP contribution is -1.92. The number of anilines is 1. The van der Waals surface area contributed by atoms with Crippen molar-refractivity contribution in [2.75, 3.05) is 18.9 Å². The van der Waals surface area contributed by atoms with Gasteiger partial charge in [-0.15, -0.1) is 0 Å². The number of ether oxygens (including phenoxy) is 1. The van der Waals surface area contributed by atoms with E-state index in [0.29, 0.717) is 18.9 Å². The second-order valence-electron chi connectivity index (χ2n) is 4.05. The fourth-order valence-corrected chi connectivity index (χ4v) is 1.55. The topological polar surface area (TPSA) is 35.2 Å². The largest absolute Gasteiger partial charge is 0.398 e. The van der Waals surface area contributed by atoms with Gasteiger partial charge in [0.05, 0.1) is 0 Å². The van der Waals surface area contributed by atoms with Gasteiger partial charge in [0.25, 0.3) is 0 Å². The number of nitrogens with two attached hydrogens (primary N) is 1. The molecule has 20 heavy (non-hydrogen) atoms. The molecule has 2 N–H and O–H groups in total. The molecule has 2 heteroatoms. The summed E-state index contributed by atoms with van der Waals surface area (Å²) in [5.41, 5.74) is 8.28. The van der Waals surface area contributed by atoms with Crippen molar-refractivity contribution >= 4 is 5.69 Å². The zero-order valence-corrected chi connectivity index (χ0v) is 11.1. The molecule has 0 amide bonds. The highest BCUT2D eigenvalue weighted by molar-refractivity contribution is 5.55. The van der Waals surface area contributed by atoms with Gasteiger partial charge in [0.15, 0.2) is 0 Å². The molecular weight excluding hydrogens is 246 g/mol. The van der Waals surface area contributed by atoms with Gasteiger partial charge in [0.2, 0.25) is 0 Å². The molecule has 0 aliphatic heterocycles.